The highest BCUT2D eigenvalue weighted by molar-refractivity contribution is 6.30. The lowest BCUT2D eigenvalue weighted by molar-refractivity contribution is -0.127. The summed E-state index contributed by atoms with van der Waals surface area (Å²) in [5.41, 5.74) is 0. The van der Waals surface area contributed by atoms with E-state index in [4.69, 9.17) is 21.1 Å². The van der Waals surface area contributed by atoms with Gasteiger partial charge >= 0.3 is 0 Å². The zero-order valence-corrected chi connectivity index (χ0v) is 12.2. The van der Waals surface area contributed by atoms with Gasteiger partial charge in [0.15, 0.2) is 6.10 Å². The van der Waals surface area contributed by atoms with Crippen molar-refractivity contribution < 1.29 is 14.3 Å². The van der Waals surface area contributed by atoms with Crippen molar-refractivity contribution in [1.29, 1.82) is 0 Å². The van der Waals surface area contributed by atoms with E-state index < -0.39 is 6.10 Å². The van der Waals surface area contributed by atoms with Crippen molar-refractivity contribution in [1.82, 2.24) is 10.6 Å². The summed E-state index contributed by atoms with van der Waals surface area (Å²) in [6.45, 7) is 4.39. The maximum Gasteiger partial charge on any atom is 0.260 e. The molecule has 1 heterocycles. The van der Waals surface area contributed by atoms with Gasteiger partial charge in [-0.15, -0.1) is 0 Å². The lowest BCUT2D eigenvalue weighted by Crippen LogP contribution is -2.50. The van der Waals surface area contributed by atoms with Crippen molar-refractivity contribution in [3.63, 3.8) is 0 Å². The molecule has 2 unspecified atom stereocenters. The fourth-order valence-electron chi connectivity index (χ4n) is 1.92. The smallest absolute Gasteiger partial charge is 0.260 e. The Kier molecular flexibility index (Phi) is 5.64. The summed E-state index contributed by atoms with van der Waals surface area (Å²) in [5.74, 6) is 0.427. The number of halogens is 1. The number of morpholine rings is 1. The van der Waals surface area contributed by atoms with Crippen LogP contribution < -0.4 is 15.4 Å². The van der Waals surface area contributed by atoms with E-state index in [1.165, 1.54) is 0 Å². The van der Waals surface area contributed by atoms with E-state index in [2.05, 4.69) is 10.6 Å². The van der Waals surface area contributed by atoms with Crippen molar-refractivity contribution in [2.45, 2.75) is 19.1 Å². The van der Waals surface area contributed by atoms with Crippen LogP contribution in [0.15, 0.2) is 24.3 Å². The molecule has 1 aromatic rings. The van der Waals surface area contributed by atoms with Gasteiger partial charge in [0, 0.05) is 24.2 Å². The Morgan fingerprint density at radius 3 is 3.20 bits per heavy atom. The Labute approximate surface area is 123 Å². The molecule has 1 aliphatic rings. The number of ether oxygens (including phenoxy) is 2. The topological polar surface area (TPSA) is 59.6 Å². The van der Waals surface area contributed by atoms with E-state index in [-0.39, 0.29) is 11.9 Å². The van der Waals surface area contributed by atoms with E-state index >= 15 is 0 Å². The number of carbonyl (C=O) groups is 1. The Morgan fingerprint density at radius 2 is 2.50 bits per heavy atom. The zero-order valence-electron chi connectivity index (χ0n) is 11.4. The van der Waals surface area contributed by atoms with Crippen LogP contribution in [-0.2, 0) is 9.53 Å². The van der Waals surface area contributed by atoms with Gasteiger partial charge in [0.1, 0.15) is 5.75 Å². The Hall–Kier alpha value is -1.30. The molecule has 6 heteroatoms. The minimum atomic E-state index is -0.571. The van der Waals surface area contributed by atoms with Gasteiger partial charge in [-0.25, -0.2) is 0 Å². The molecule has 1 fully saturated rings. The van der Waals surface area contributed by atoms with Gasteiger partial charge in [-0.05, 0) is 25.1 Å². The van der Waals surface area contributed by atoms with Crippen molar-refractivity contribution in [3.05, 3.63) is 29.3 Å². The van der Waals surface area contributed by atoms with E-state index in [0.29, 0.717) is 23.9 Å². The first-order chi connectivity index (χ1) is 9.65. The van der Waals surface area contributed by atoms with Crippen molar-refractivity contribution in [3.8, 4) is 5.75 Å². The minimum absolute atomic E-state index is 0.155. The molecule has 0 saturated carbocycles. The third kappa shape index (κ3) is 4.67. The summed E-state index contributed by atoms with van der Waals surface area (Å²) >= 11 is 5.87. The van der Waals surface area contributed by atoms with Gasteiger partial charge in [0.05, 0.1) is 13.2 Å². The quantitative estimate of drug-likeness (QED) is 0.858. The zero-order chi connectivity index (χ0) is 14.4. The van der Waals surface area contributed by atoms with Crippen LogP contribution in [0.1, 0.15) is 6.92 Å². The Balaban J connectivity index is 1.76. The van der Waals surface area contributed by atoms with E-state index in [1.54, 1.807) is 31.2 Å². The predicted molar refractivity (Wildman–Crippen MR) is 77.2 cm³/mol. The van der Waals surface area contributed by atoms with Crippen LogP contribution in [0.2, 0.25) is 5.02 Å². The number of nitrogens with one attached hydrogen (secondary N) is 2. The molecule has 2 N–H and O–H groups in total. The van der Waals surface area contributed by atoms with Crippen molar-refractivity contribution in [2.75, 3.05) is 26.3 Å². The minimum Gasteiger partial charge on any atom is -0.481 e. The maximum absolute atomic E-state index is 11.9. The average molecular weight is 299 g/mol. The van der Waals surface area contributed by atoms with E-state index in [1.807, 2.05) is 0 Å². The monoisotopic (exact) mass is 298 g/mol. The largest absolute Gasteiger partial charge is 0.481 e. The average Bonchev–Trinajstić information content (AvgIpc) is 2.46. The molecule has 2 rings (SSSR count). The summed E-state index contributed by atoms with van der Waals surface area (Å²) < 4.78 is 10.9. The molecular weight excluding hydrogens is 280 g/mol. The van der Waals surface area contributed by atoms with Gasteiger partial charge in [0.2, 0.25) is 0 Å². The first kappa shape index (κ1) is 15.1. The number of amides is 1. The molecule has 20 heavy (non-hydrogen) atoms. The first-order valence-electron chi connectivity index (χ1n) is 6.66. The molecular formula is C14H19ClN2O3. The highest BCUT2D eigenvalue weighted by Crippen LogP contribution is 2.18. The van der Waals surface area contributed by atoms with Crippen LogP contribution in [0, 0.1) is 0 Å². The molecule has 1 amide bonds. The third-order valence-corrected chi connectivity index (χ3v) is 3.23. The molecule has 0 aliphatic carbocycles. The number of rotatable bonds is 5. The number of hydrogen-bond acceptors (Lipinski definition) is 4. The van der Waals surface area contributed by atoms with E-state index in [9.17, 15) is 4.79 Å². The third-order valence-electron chi connectivity index (χ3n) is 3.00. The van der Waals surface area contributed by atoms with Crippen LogP contribution in [0.25, 0.3) is 0 Å². The first-order valence-corrected chi connectivity index (χ1v) is 7.04. The van der Waals surface area contributed by atoms with Crippen LogP contribution in [0.5, 0.6) is 5.75 Å². The summed E-state index contributed by atoms with van der Waals surface area (Å²) in [4.78, 5) is 11.9. The summed E-state index contributed by atoms with van der Waals surface area (Å²) in [7, 11) is 0. The molecule has 0 bridgehead atoms. The number of benzene rings is 1. The highest BCUT2D eigenvalue weighted by Gasteiger charge is 2.18. The molecule has 0 radical (unpaired) electrons. The Morgan fingerprint density at radius 1 is 1.65 bits per heavy atom. The van der Waals surface area contributed by atoms with E-state index in [0.717, 1.165) is 13.2 Å². The maximum atomic E-state index is 11.9. The molecule has 0 aromatic heterocycles. The van der Waals surface area contributed by atoms with Crippen LogP contribution in [0.4, 0.5) is 0 Å². The van der Waals surface area contributed by atoms with Gasteiger partial charge < -0.3 is 20.1 Å². The number of carbonyl (C=O) groups excluding carboxylic acids is 1. The van der Waals surface area contributed by atoms with Crippen molar-refractivity contribution >= 4 is 17.5 Å². The molecule has 0 spiro atoms. The Bertz CT molecular complexity index is 450. The SMILES string of the molecule is CC(Oc1cccc(Cl)c1)C(=O)NCC1COCCN1. The molecule has 5 nitrogen and oxygen atoms in total. The molecule has 1 saturated heterocycles. The van der Waals surface area contributed by atoms with Crippen LogP contribution in [-0.4, -0.2) is 44.4 Å². The second-order valence-corrected chi connectivity index (χ2v) is 5.13. The summed E-state index contributed by atoms with van der Waals surface area (Å²) in [6, 6.07) is 7.15. The molecule has 1 aliphatic heterocycles. The van der Waals surface area contributed by atoms with Gasteiger partial charge in [-0.1, -0.05) is 17.7 Å². The van der Waals surface area contributed by atoms with Crippen molar-refractivity contribution in [2.24, 2.45) is 0 Å². The van der Waals surface area contributed by atoms with Gasteiger partial charge in [-0.3, -0.25) is 4.79 Å². The normalized spacial score (nSPS) is 20.2. The van der Waals surface area contributed by atoms with Crippen LogP contribution >= 0.6 is 11.6 Å². The molecule has 110 valence electrons. The van der Waals surface area contributed by atoms with Crippen LogP contribution in [0.3, 0.4) is 0 Å². The second-order valence-electron chi connectivity index (χ2n) is 4.69. The van der Waals surface area contributed by atoms with Gasteiger partial charge in [0.25, 0.3) is 5.91 Å². The highest BCUT2D eigenvalue weighted by atomic mass is 35.5. The lowest BCUT2D eigenvalue weighted by atomic mass is 10.2. The lowest BCUT2D eigenvalue weighted by Gasteiger charge is -2.24. The predicted octanol–water partition coefficient (Wildman–Crippen LogP) is 1.21. The second kappa shape index (κ2) is 7.47. The summed E-state index contributed by atoms with van der Waals surface area (Å²) in [6.07, 6.45) is -0.571. The standard InChI is InChI=1S/C14H19ClN2O3/c1-10(20-13-4-2-3-11(15)7-13)14(18)17-8-12-9-19-6-5-16-12/h2-4,7,10,12,16H,5-6,8-9H2,1H3,(H,17,18). The molecule has 2 atom stereocenters. The fourth-order valence-corrected chi connectivity index (χ4v) is 2.10. The van der Waals surface area contributed by atoms with Gasteiger partial charge in [-0.2, -0.15) is 0 Å². The summed E-state index contributed by atoms with van der Waals surface area (Å²) in [5, 5.41) is 6.70. The number of hydrogen-bond donors (Lipinski definition) is 2. The fraction of sp³-hybridized carbons (Fsp3) is 0.500. The molecule has 1 aromatic carbocycles.